The second-order valence-corrected chi connectivity index (χ2v) is 12.3. The molecule has 0 radical (unpaired) electrons. The van der Waals surface area contributed by atoms with Crippen LogP contribution < -0.4 is 19.7 Å². The highest BCUT2D eigenvalue weighted by Crippen LogP contribution is 2.35. The molecule has 15 heteroatoms. The normalized spacial score (nSPS) is 21.9. The number of aromatic nitrogens is 3. The molecular weight excluding hydrogens is 626 g/mol. The van der Waals surface area contributed by atoms with Crippen LogP contribution in [0.3, 0.4) is 0 Å². The number of nitrogens with zero attached hydrogens (tertiary/aromatic N) is 7. The van der Waals surface area contributed by atoms with E-state index < -0.39 is 30.6 Å². The Kier molecular flexibility index (Phi) is 9.58. The Morgan fingerprint density at radius 1 is 1.17 bits per heavy atom. The molecule has 0 unspecified atom stereocenters. The number of halogens is 2. The average molecular weight is 665 g/mol. The molecule has 0 saturated carbocycles. The number of anilines is 3. The molecule has 0 spiro atoms. The van der Waals surface area contributed by atoms with Crippen LogP contribution in [-0.2, 0) is 9.53 Å². The van der Waals surface area contributed by atoms with Crippen LogP contribution >= 0.6 is 0 Å². The Morgan fingerprint density at radius 2 is 1.98 bits per heavy atom. The number of benzene rings is 1. The number of piperazine rings is 1. The number of alkyl halides is 2. The molecule has 3 fully saturated rings. The minimum atomic E-state index is -3.38. The molecule has 3 saturated heterocycles. The fraction of sp³-hybridized carbons (Fsp3) is 0.485. The monoisotopic (exact) mass is 664 g/mol. The lowest BCUT2D eigenvalue weighted by molar-refractivity contribution is -0.165. The van der Waals surface area contributed by atoms with E-state index in [0.717, 1.165) is 43.4 Å². The van der Waals surface area contributed by atoms with Crippen LogP contribution in [0.4, 0.5) is 26.1 Å². The number of ether oxygens (including phenoxy) is 3. The number of rotatable bonds is 9. The maximum absolute atomic E-state index is 14.9. The van der Waals surface area contributed by atoms with Crippen LogP contribution in [0.25, 0.3) is 11.3 Å². The van der Waals surface area contributed by atoms with Crippen molar-refractivity contribution in [2.45, 2.75) is 50.5 Å². The van der Waals surface area contributed by atoms with E-state index in [4.69, 9.17) is 14.2 Å². The number of pyridine rings is 1. The predicted molar refractivity (Wildman–Crippen MR) is 171 cm³/mol. The summed E-state index contributed by atoms with van der Waals surface area (Å²) in [6, 6.07) is 12.9. The highest BCUT2D eigenvalue weighted by molar-refractivity contribution is 5.80. The molecule has 13 nitrogen and oxygen atoms in total. The van der Waals surface area contributed by atoms with Gasteiger partial charge in [0.2, 0.25) is 5.88 Å². The summed E-state index contributed by atoms with van der Waals surface area (Å²) in [7, 11) is 1.59. The number of methoxy groups -OCH3 is 1. The maximum Gasteiger partial charge on any atom is 0.301 e. The van der Waals surface area contributed by atoms with Crippen LogP contribution in [0.15, 0.2) is 42.7 Å². The summed E-state index contributed by atoms with van der Waals surface area (Å²) >= 11 is 0. The number of amides is 1. The number of carbonyl (C=O) groups is 1. The van der Waals surface area contributed by atoms with E-state index in [-0.39, 0.29) is 30.3 Å². The zero-order valence-electron chi connectivity index (χ0n) is 27.0. The van der Waals surface area contributed by atoms with Crippen molar-refractivity contribution in [1.82, 2.24) is 24.8 Å². The van der Waals surface area contributed by atoms with Crippen LogP contribution in [0, 0.1) is 11.3 Å². The predicted octanol–water partition coefficient (Wildman–Crippen LogP) is 3.07. The molecule has 6 rings (SSSR count). The lowest BCUT2D eigenvalue weighted by atomic mass is 10.0. The van der Waals surface area contributed by atoms with Crippen molar-refractivity contribution in [2.24, 2.45) is 0 Å². The minimum Gasteiger partial charge on any atom is -0.483 e. The van der Waals surface area contributed by atoms with Gasteiger partial charge < -0.3 is 34.4 Å². The first-order valence-corrected chi connectivity index (χ1v) is 15.8. The van der Waals surface area contributed by atoms with Gasteiger partial charge in [-0.25, -0.2) is 18.7 Å². The van der Waals surface area contributed by atoms with Crippen molar-refractivity contribution in [2.75, 3.05) is 63.3 Å². The maximum atomic E-state index is 14.9. The molecule has 254 valence electrons. The molecule has 2 N–H and O–H groups in total. The summed E-state index contributed by atoms with van der Waals surface area (Å²) in [5, 5.41) is 22.5. The van der Waals surface area contributed by atoms with Crippen LogP contribution in [0.5, 0.6) is 11.6 Å². The van der Waals surface area contributed by atoms with Gasteiger partial charge in [-0.05, 0) is 44.2 Å². The van der Waals surface area contributed by atoms with E-state index in [1.807, 2.05) is 18.2 Å². The van der Waals surface area contributed by atoms with E-state index in [2.05, 4.69) is 37.0 Å². The fourth-order valence-corrected chi connectivity index (χ4v) is 6.25. The summed E-state index contributed by atoms with van der Waals surface area (Å²) in [5.41, 5.74) is 2.00. The van der Waals surface area contributed by atoms with Crippen molar-refractivity contribution >= 4 is 23.2 Å². The summed E-state index contributed by atoms with van der Waals surface area (Å²) in [6.45, 7) is 6.84. The summed E-state index contributed by atoms with van der Waals surface area (Å²) in [6.07, 6.45) is -1.71. The SMILES string of the molecule is COc1nc(Nc2cc(-c3ccc(O[C@@H]4CCN(C(=O)[C@H](C)O)CC4(F)F)c(C#N)c3)ncn2)ccc1N1CCN(C2COC2)C[C@H]1C. The van der Waals surface area contributed by atoms with E-state index in [0.29, 0.717) is 34.8 Å². The number of nitrogens with one attached hydrogen (secondary N) is 1. The Morgan fingerprint density at radius 3 is 2.65 bits per heavy atom. The van der Waals surface area contributed by atoms with Crippen LogP contribution in [0.2, 0.25) is 0 Å². The van der Waals surface area contributed by atoms with Crippen molar-refractivity contribution in [3.63, 3.8) is 0 Å². The number of aliphatic hydroxyl groups excluding tert-OH is 1. The van der Waals surface area contributed by atoms with Gasteiger partial charge >= 0.3 is 5.92 Å². The van der Waals surface area contributed by atoms with Gasteiger partial charge in [0.15, 0.2) is 6.10 Å². The van der Waals surface area contributed by atoms with Gasteiger partial charge in [0.25, 0.3) is 5.91 Å². The topological polar surface area (TPSA) is 149 Å². The highest BCUT2D eigenvalue weighted by Gasteiger charge is 2.48. The average Bonchev–Trinajstić information content (AvgIpc) is 3.04. The first kappa shape index (κ1) is 33.3. The van der Waals surface area contributed by atoms with Crippen molar-refractivity contribution < 1.29 is 32.9 Å². The van der Waals surface area contributed by atoms with Gasteiger partial charge in [0.1, 0.15) is 41.6 Å². The summed E-state index contributed by atoms with van der Waals surface area (Å²) < 4.78 is 46.6. The molecule has 3 aromatic rings. The number of piperidine rings is 1. The third-order valence-corrected chi connectivity index (χ3v) is 8.93. The van der Waals surface area contributed by atoms with E-state index in [1.54, 1.807) is 19.2 Å². The van der Waals surface area contributed by atoms with Crippen LogP contribution in [-0.4, -0.2) is 119 Å². The van der Waals surface area contributed by atoms with Crippen molar-refractivity contribution in [3.8, 4) is 29.0 Å². The van der Waals surface area contributed by atoms with Crippen molar-refractivity contribution in [1.29, 1.82) is 5.26 Å². The molecule has 3 aliphatic heterocycles. The van der Waals surface area contributed by atoms with Gasteiger partial charge in [0.05, 0.1) is 44.2 Å². The third-order valence-electron chi connectivity index (χ3n) is 8.93. The molecule has 2 aromatic heterocycles. The Hall–Kier alpha value is -4.65. The molecule has 0 aliphatic carbocycles. The summed E-state index contributed by atoms with van der Waals surface area (Å²) in [5.74, 6) is -2.69. The number of aliphatic hydroxyl groups is 1. The van der Waals surface area contributed by atoms with E-state index in [1.165, 1.54) is 25.4 Å². The Bertz CT molecular complexity index is 1680. The van der Waals surface area contributed by atoms with Gasteiger partial charge in [-0.3, -0.25) is 9.69 Å². The van der Waals surface area contributed by atoms with E-state index >= 15 is 0 Å². The quantitative estimate of drug-likeness (QED) is 0.346. The van der Waals surface area contributed by atoms with Crippen molar-refractivity contribution in [3.05, 3.63) is 48.3 Å². The number of hydrogen-bond acceptors (Lipinski definition) is 12. The summed E-state index contributed by atoms with van der Waals surface area (Å²) in [4.78, 5) is 31.1. The highest BCUT2D eigenvalue weighted by atomic mass is 19.3. The number of likely N-dealkylation sites (tertiary alicyclic amines) is 1. The minimum absolute atomic E-state index is 0.00203. The second kappa shape index (κ2) is 13.8. The first-order valence-electron chi connectivity index (χ1n) is 15.8. The second-order valence-electron chi connectivity index (χ2n) is 12.3. The molecule has 1 aromatic carbocycles. The molecule has 5 heterocycles. The van der Waals surface area contributed by atoms with Gasteiger partial charge in [-0.2, -0.15) is 10.2 Å². The van der Waals surface area contributed by atoms with Gasteiger partial charge in [-0.15, -0.1) is 0 Å². The molecule has 3 aliphatic rings. The zero-order chi connectivity index (χ0) is 34.0. The Balaban J connectivity index is 1.13. The smallest absolute Gasteiger partial charge is 0.301 e. The van der Waals surface area contributed by atoms with Crippen LogP contribution in [0.1, 0.15) is 25.8 Å². The van der Waals surface area contributed by atoms with Gasteiger partial charge in [0, 0.05) is 50.3 Å². The zero-order valence-corrected chi connectivity index (χ0v) is 27.0. The largest absolute Gasteiger partial charge is 0.483 e. The lowest BCUT2D eigenvalue weighted by Crippen LogP contribution is -2.59. The van der Waals surface area contributed by atoms with E-state index in [9.17, 15) is 23.9 Å². The van der Waals surface area contributed by atoms with Gasteiger partial charge in [-0.1, -0.05) is 0 Å². The molecule has 0 bridgehead atoms. The first-order chi connectivity index (χ1) is 23.1. The molecule has 3 atom stereocenters. The number of hydrogen-bond donors (Lipinski definition) is 2. The molecular formula is C33H38F2N8O5. The lowest BCUT2D eigenvalue weighted by Gasteiger charge is -2.46. The fourth-order valence-electron chi connectivity index (χ4n) is 6.25. The standard InChI is InChI=1S/C33H38F2N8O5/c1-20-15-41(24-16-47-17-24)10-11-43(20)26-5-7-29(40-31(26)46-3)39-30-13-25(37-19-38-30)22-4-6-27(23(12-22)14-36)48-28-8-9-42(18-33(28,34)35)32(45)21(2)44/h4-7,12-13,19-21,24,28,44H,8-11,15-18H2,1-3H3,(H,37,38,39,40)/t20-,21+,28-/m1/s1. The molecule has 48 heavy (non-hydrogen) atoms. The Labute approximate surface area is 277 Å². The number of nitriles is 1. The number of carbonyl (C=O) groups excluding carboxylic acids is 1. The molecule has 1 amide bonds. The third kappa shape index (κ3) is 6.96.